The summed E-state index contributed by atoms with van der Waals surface area (Å²) in [6.07, 6.45) is 1.70. The minimum atomic E-state index is -0.00682. The summed E-state index contributed by atoms with van der Waals surface area (Å²) >= 11 is 0. The second-order valence-electron chi connectivity index (χ2n) is 4.34. The van der Waals surface area contributed by atoms with Gasteiger partial charge in [0.25, 0.3) is 0 Å². The van der Waals surface area contributed by atoms with Gasteiger partial charge in [-0.2, -0.15) is 0 Å². The lowest BCUT2D eigenvalue weighted by molar-refractivity contribution is -0.00461. The standard InChI is InChI=1S/C12H18N4O3/c1-18-10-6-16(7-11(10)19-2)8-3-4-14-9(5-8)12(13)15-17/h3-5,10-11,17H,6-7H2,1-2H3,(H2,13,15). The van der Waals surface area contributed by atoms with E-state index in [9.17, 15) is 0 Å². The van der Waals surface area contributed by atoms with Gasteiger partial charge in [-0.15, -0.1) is 0 Å². The van der Waals surface area contributed by atoms with Crippen LogP contribution in [0.15, 0.2) is 23.5 Å². The molecule has 0 bridgehead atoms. The quantitative estimate of drug-likeness (QED) is 0.345. The number of amidine groups is 1. The molecule has 0 aliphatic carbocycles. The van der Waals surface area contributed by atoms with E-state index in [1.807, 2.05) is 6.07 Å². The Balaban J connectivity index is 2.19. The van der Waals surface area contributed by atoms with Gasteiger partial charge >= 0.3 is 0 Å². The molecule has 0 radical (unpaired) electrons. The van der Waals surface area contributed by atoms with Crippen molar-refractivity contribution in [2.75, 3.05) is 32.2 Å². The molecular formula is C12H18N4O3. The molecule has 1 fully saturated rings. The summed E-state index contributed by atoms with van der Waals surface area (Å²) in [4.78, 5) is 6.18. The predicted molar refractivity (Wildman–Crippen MR) is 70.6 cm³/mol. The number of rotatable bonds is 4. The molecule has 1 aromatic rings. The maximum absolute atomic E-state index is 8.67. The van der Waals surface area contributed by atoms with Crippen molar-refractivity contribution >= 4 is 11.5 Å². The fourth-order valence-electron chi connectivity index (χ4n) is 2.21. The number of pyridine rings is 1. The molecule has 0 spiro atoms. The van der Waals surface area contributed by atoms with Crippen LogP contribution in [0.25, 0.3) is 0 Å². The van der Waals surface area contributed by atoms with Gasteiger partial charge in [0.1, 0.15) is 17.9 Å². The van der Waals surface area contributed by atoms with Crippen molar-refractivity contribution in [3.63, 3.8) is 0 Å². The zero-order valence-corrected chi connectivity index (χ0v) is 11.0. The van der Waals surface area contributed by atoms with Gasteiger partial charge in [0.2, 0.25) is 0 Å². The Morgan fingerprint density at radius 1 is 1.42 bits per heavy atom. The highest BCUT2D eigenvalue weighted by Gasteiger charge is 2.33. The van der Waals surface area contributed by atoms with E-state index in [1.165, 1.54) is 0 Å². The van der Waals surface area contributed by atoms with Gasteiger partial charge < -0.3 is 25.3 Å². The van der Waals surface area contributed by atoms with Crippen molar-refractivity contribution in [1.29, 1.82) is 0 Å². The van der Waals surface area contributed by atoms with Gasteiger partial charge in [-0.25, -0.2) is 0 Å². The van der Waals surface area contributed by atoms with Gasteiger partial charge in [0.15, 0.2) is 5.84 Å². The first-order valence-corrected chi connectivity index (χ1v) is 5.94. The summed E-state index contributed by atoms with van der Waals surface area (Å²) in [7, 11) is 3.35. The van der Waals surface area contributed by atoms with Crippen LogP contribution < -0.4 is 10.6 Å². The predicted octanol–water partition coefficient (Wildman–Crippen LogP) is 0.0261. The number of nitrogens with two attached hydrogens (primary N) is 1. The van der Waals surface area contributed by atoms with E-state index in [-0.39, 0.29) is 18.0 Å². The number of aromatic nitrogens is 1. The summed E-state index contributed by atoms with van der Waals surface area (Å²) in [5, 5.41) is 11.6. The first-order chi connectivity index (χ1) is 9.19. The lowest BCUT2D eigenvalue weighted by Crippen LogP contribution is -2.27. The molecule has 2 heterocycles. The van der Waals surface area contributed by atoms with Crippen LogP contribution in [0.1, 0.15) is 5.69 Å². The molecular weight excluding hydrogens is 248 g/mol. The second kappa shape index (κ2) is 5.85. The third-order valence-corrected chi connectivity index (χ3v) is 3.30. The van der Waals surface area contributed by atoms with Crippen LogP contribution >= 0.6 is 0 Å². The number of oxime groups is 1. The monoisotopic (exact) mass is 266 g/mol. The van der Waals surface area contributed by atoms with E-state index in [2.05, 4.69) is 15.0 Å². The number of hydrogen-bond acceptors (Lipinski definition) is 6. The van der Waals surface area contributed by atoms with E-state index in [0.717, 1.165) is 18.8 Å². The zero-order chi connectivity index (χ0) is 13.8. The molecule has 3 N–H and O–H groups in total. The first kappa shape index (κ1) is 13.6. The van der Waals surface area contributed by atoms with Gasteiger partial charge in [-0.3, -0.25) is 4.98 Å². The summed E-state index contributed by atoms with van der Waals surface area (Å²) < 4.78 is 10.8. The highest BCUT2D eigenvalue weighted by molar-refractivity contribution is 5.95. The number of hydrogen-bond donors (Lipinski definition) is 2. The number of ether oxygens (including phenoxy) is 2. The number of nitrogens with zero attached hydrogens (tertiary/aromatic N) is 3. The van der Waals surface area contributed by atoms with Crippen LogP contribution in [-0.4, -0.2) is 55.5 Å². The maximum atomic E-state index is 8.67. The van der Waals surface area contributed by atoms with Crippen LogP contribution in [0, 0.1) is 0 Å². The maximum Gasteiger partial charge on any atom is 0.188 e. The van der Waals surface area contributed by atoms with Gasteiger partial charge in [0.05, 0.1) is 0 Å². The van der Waals surface area contributed by atoms with E-state index in [0.29, 0.717) is 5.69 Å². The first-order valence-electron chi connectivity index (χ1n) is 5.94. The normalized spacial score (nSPS) is 23.9. The zero-order valence-electron chi connectivity index (χ0n) is 11.0. The van der Waals surface area contributed by atoms with Gasteiger partial charge in [-0.1, -0.05) is 5.16 Å². The summed E-state index contributed by atoms with van der Waals surface area (Å²) in [5.41, 5.74) is 6.92. The highest BCUT2D eigenvalue weighted by Crippen LogP contribution is 2.23. The van der Waals surface area contributed by atoms with E-state index >= 15 is 0 Å². The van der Waals surface area contributed by atoms with Crippen LogP contribution in [0.3, 0.4) is 0 Å². The Bertz CT molecular complexity index is 454. The molecule has 7 heteroatoms. The Labute approximate surface area is 111 Å². The Morgan fingerprint density at radius 3 is 2.58 bits per heavy atom. The van der Waals surface area contributed by atoms with Crippen LogP contribution in [-0.2, 0) is 9.47 Å². The molecule has 0 amide bonds. The fraction of sp³-hybridized carbons (Fsp3) is 0.500. The van der Waals surface area contributed by atoms with Crippen molar-refractivity contribution in [1.82, 2.24) is 4.98 Å². The van der Waals surface area contributed by atoms with Crippen molar-refractivity contribution in [2.24, 2.45) is 10.9 Å². The van der Waals surface area contributed by atoms with E-state index in [1.54, 1.807) is 26.5 Å². The number of methoxy groups -OCH3 is 2. The average molecular weight is 266 g/mol. The molecule has 1 aliphatic rings. The minimum Gasteiger partial charge on any atom is -0.409 e. The van der Waals surface area contributed by atoms with Gasteiger partial charge in [-0.05, 0) is 12.1 Å². The third-order valence-electron chi connectivity index (χ3n) is 3.30. The smallest absolute Gasteiger partial charge is 0.188 e. The fourth-order valence-corrected chi connectivity index (χ4v) is 2.21. The molecule has 7 nitrogen and oxygen atoms in total. The Kier molecular flexibility index (Phi) is 4.18. The van der Waals surface area contributed by atoms with Crippen LogP contribution in [0.4, 0.5) is 5.69 Å². The van der Waals surface area contributed by atoms with E-state index in [4.69, 9.17) is 20.4 Å². The molecule has 1 saturated heterocycles. The molecule has 1 aromatic heterocycles. The highest BCUT2D eigenvalue weighted by atomic mass is 16.5. The lowest BCUT2D eigenvalue weighted by Gasteiger charge is -2.18. The molecule has 19 heavy (non-hydrogen) atoms. The molecule has 1 aliphatic heterocycles. The molecule has 0 saturated carbocycles. The molecule has 104 valence electrons. The molecule has 2 unspecified atom stereocenters. The van der Waals surface area contributed by atoms with E-state index < -0.39 is 0 Å². The lowest BCUT2D eigenvalue weighted by atomic mass is 10.3. The minimum absolute atomic E-state index is 0.00682. The third kappa shape index (κ3) is 2.77. The van der Waals surface area contributed by atoms with Crippen molar-refractivity contribution in [3.05, 3.63) is 24.0 Å². The largest absolute Gasteiger partial charge is 0.409 e. The summed E-state index contributed by atoms with van der Waals surface area (Å²) in [6.45, 7) is 1.46. The average Bonchev–Trinajstić information content (AvgIpc) is 2.89. The topological polar surface area (TPSA) is 93.2 Å². The van der Waals surface area contributed by atoms with Crippen molar-refractivity contribution in [3.8, 4) is 0 Å². The van der Waals surface area contributed by atoms with Crippen molar-refractivity contribution in [2.45, 2.75) is 12.2 Å². The van der Waals surface area contributed by atoms with Crippen LogP contribution in [0.5, 0.6) is 0 Å². The van der Waals surface area contributed by atoms with Gasteiger partial charge in [0, 0.05) is 39.2 Å². The molecule has 2 rings (SSSR count). The SMILES string of the molecule is COC1CN(c2ccnc(/C(N)=N/O)c2)CC1OC. The number of anilines is 1. The van der Waals surface area contributed by atoms with Crippen molar-refractivity contribution < 1.29 is 14.7 Å². The Morgan fingerprint density at radius 2 is 2.05 bits per heavy atom. The molecule has 0 aromatic carbocycles. The molecule has 2 atom stereocenters. The summed E-state index contributed by atoms with van der Waals surface area (Å²) in [6, 6.07) is 3.65. The summed E-state index contributed by atoms with van der Waals surface area (Å²) in [5.74, 6) is -0.00682. The van der Waals surface area contributed by atoms with Crippen LogP contribution in [0.2, 0.25) is 0 Å². The Hall–Kier alpha value is -1.86. The second-order valence-corrected chi connectivity index (χ2v) is 4.34.